The summed E-state index contributed by atoms with van der Waals surface area (Å²) in [6, 6.07) is 3.07. The number of hydrogen-bond acceptors (Lipinski definition) is 4. The smallest absolute Gasteiger partial charge is 0.369 e. The van der Waals surface area contributed by atoms with Crippen LogP contribution in [0.15, 0.2) is 36.9 Å². The van der Waals surface area contributed by atoms with Gasteiger partial charge >= 0.3 is 12.2 Å². The number of amides is 2. The Labute approximate surface area is 167 Å². The summed E-state index contributed by atoms with van der Waals surface area (Å²) in [4.78, 5) is 20.2. The van der Waals surface area contributed by atoms with Crippen LogP contribution in [0, 0.1) is 0 Å². The van der Waals surface area contributed by atoms with Crippen LogP contribution in [0.25, 0.3) is 0 Å². The van der Waals surface area contributed by atoms with Crippen molar-refractivity contribution in [3.8, 4) is 0 Å². The molecule has 0 bridgehead atoms. The molecule has 2 aromatic rings. The van der Waals surface area contributed by atoms with Gasteiger partial charge in [-0.1, -0.05) is 0 Å². The molecule has 2 heterocycles. The zero-order valence-corrected chi connectivity index (χ0v) is 16.4. The first-order valence-corrected chi connectivity index (χ1v) is 9.40. The molecular weight excluding hydrogens is 385 g/mol. The Bertz CT molecular complexity index is 816. The van der Waals surface area contributed by atoms with Crippen LogP contribution in [0.1, 0.15) is 12.5 Å². The van der Waals surface area contributed by atoms with E-state index in [0.29, 0.717) is 25.3 Å². The average Bonchev–Trinajstić information content (AvgIpc) is 3.14. The molecule has 1 aromatic carbocycles. The van der Waals surface area contributed by atoms with E-state index in [1.807, 2.05) is 11.9 Å². The molecule has 158 valence electrons. The third-order valence-corrected chi connectivity index (χ3v) is 4.85. The summed E-state index contributed by atoms with van der Waals surface area (Å²) in [5.74, 6) is 0. The number of anilines is 2. The lowest BCUT2D eigenvalue weighted by Crippen LogP contribution is -2.44. The fraction of sp³-hybridized carbons (Fsp3) is 0.474. The van der Waals surface area contributed by atoms with E-state index in [-0.39, 0.29) is 11.7 Å². The zero-order chi connectivity index (χ0) is 21.0. The monoisotopic (exact) mass is 410 g/mol. The van der Waals surface area contributed by atoms with Crippen molar-refractivity contribution in [1.29, 1.82) is 0 Å². The number of likely N-dealkylation sites (N-methyl/N-ethyl adjacent to an activating group) is 1. The minimum atomic E-state index is -4.58. The minimum Gasteiger partial charge on any atom is -0.369 e. The van der Waals surface area contributed by atoms with Gasteiger partial charge in [0.25, 0.3) is 0 Å². The molecule has 1 fully saturated rings. The second kappa shape index (κ2) is 8.73. The molecule has 10 heteroatoms. The van der Waals surface area contributed by atoms with E-state index in [0.717, 1.165) is 19.2 Å². The number of nitrogens with one attached hydrogen (secondary N) is 2. The topological polar surface area (TPSA) is 65.4 Å². The molecule has 1 atom stereocenters. The minimum absolute atomic E-state index is 0.261. The summed E-state index contributed by atoms with van der Waals surface area (Å²) in [6.07, 6.45) is 0.391. The number of carbonyl (C=O) groups excluding carboxylic acids is 1. The Morgan fingerprint density at radius 2 is 1.97 bits per heavy atom. The number of alkyl halides is 3. The van der Waals surface area contributed by atoms with Crippen molar-refractivity contribution in [2.45, 2.75) is 25.7 Å². The number of aromatic nitrogens is 2. The van der Waals surface area contributed by atoms with Crippen molar-refractivity contribution in [1.82, 2.24) is 19.8 Å². The van der Waals surface area contributed by atoms with E-state index in [9.17, 15) is 18.0 Å². The number of hydrogen-bond donors (Lipinski definition) is 2. The standard InChI is InChI=1S/C19H25F3N6O/c1-14(12-27-6-5-23-13-27)24-18(29)25-17-4-3-15(11-16(17)19(20,21)22)28-9-7-26(2)8-10-28/h3-6,11,13-14H,7-10,12H2,1-2H3,(H2,24,25,29). The fourth-order valence-corrected chi connectivity index (χ4v) is 3.28. The van der Waals surface area contributed by atoms with Crippen LogP contribution in [0.2, 0.25) is 0 Å². The van der Waals surface area contributed by atoms with Gasteiger partial charge in [-0.2, -0.15) is 13.2 Å². The summed E-state index contributed by atoms with van der Waals surface area (Å²) in [7, 11) is 1.98. The maximum Gasteiger partial charge on any atom is 0.418 e. The molecule has 1 aliphatic rings. The van der Waals surface area contributed by atoms with Gasteiger partial charge in [-0.25, -0.2) is 9.78 Å². The first-order valence-electron chi connectivity index (χ1n) is 9.40. The lowest BCUT2D eigenvalue weighted by Gasteiger charge is -2.34. The number of piperazine rings is 1. The molecule has 2 amide bonds. The molecule has 2 N–H and O–H groups in total. The highest BCUT2D eigenvalue weighted by Gasteiger charge is 2.35. The van der Waals surface area contributed by atoms with Crippen LogP contribution < -0.4 is 15.5 Å². The Kier molecular flexibility index (Phi) is 6.31. The second-order valence-electron chi connectivity index (χ2n) is 7.28. The van der Waals surface area contributed by atoms with Crippen molar-refractivity contribution in [3.63, 3.8) is 0 Å². The number of urea groups is 1. The van der Waals surface area contributed by atoms with Gasteiger partial charge in [0.2, 0.25) is 0 Å². The van der Waals surface area contributed by atoms with Gasteiger partial charge in [-0.15, -0.1) is 0 Å². The van der Waals surface area contributed by atoms with Gasteiger partial charge in [0.15, 0.2) is 0 Å². The molecule has 1 saturated heterocycles. The van der Waals surface area contributed by atoms with Gasteiger partial charge in [-0.05, 0) is 32.2 Å². The largest absolute Gasteiger partial charge is 0.418 e. The molecule has 1 aromatic heterocycles. The van der Waals surface area contributed by atoms with Crippen molar-refractivity contribution < 1.29 is 18.0 Å². The molecule has 29 heavy (non-hydrogen) atoms. The third kappa shape index (κ3) is 5.63. The van der Waals surface area contributed by atoms with Crippen LogP contribution in [-0.4, -0.2) is 59.8 Å². The number of carbonyl (C=O) groups is 1. The van der Waals surface area contributed by atoms with Gasteiger partial charge < -0.3 is 25.0 Å². The summed E-state index contributed by atoms with van der Waals surface area (Å²) >= 11 is 0. The molecule has 7 nitrogen and oxygen atoms in total. The Morgan fingerprint density at radius 3 is 2.59 bits per heavy atom. The summed E-state index contributed by atoms with van der Waals surface area (Å²) < 4.78 is 42.6. The van der Waals surface area contributed by atoms with E-state index in [1.54, 1.807) is 36.3 Å². The van der Waals surface area contributed by atoms with Gasteiger partial charge in [-0.3, -0.25) is 0 Å². The number of rotatable bonds is 5. The third-order valence-electron chi connectivity index (χ3n) is 4.85. The maximum absolute atomic E-state index is 13.6. The van der Waals surface area contributed by atoms with Crippen LogP contribution in [0.3, 0.4) is 0 Å². The van der Waals surface area contributed by atoms with E-state index in [2.05, 4.69) is 20.5 Å². The lowest BCUT2D eigenvalue weighted by molar-refractivity contribution is -0.136. The maximum atomic E-state index is 13.6. The number of imidazole rings is 1. The molecule has 1 aliphatic heterocycles. The van der Waals surface area contributed by atoms with Crippen molar-refractivity contribution in [2.24, 2.45) is 0 Å². The van der Waals surface area contributed by atoms with E-state index < -0.39 is 17.8 Å². The zero-order valence-electron chi connectivity index (χ0n) is 16.4. The normalized spacial score (nSPS) is 16.5. The molecule has 0 spiro atoms. The first-order chi connectivity index (χ1) is 13.7. The average molecular weight is 410 g/mol. The Hall–Kier alpha value is -2.75. The molecule has 0 radical (unpaired) electrons. The van der Waals surface area contributed by atoms with Crippen LogP contribution in [-0.2, 0) is 12.7 Å². The van der Waals surface area contributed by atoms with Gasteiger partial charge in [0.05, 0.1) is 17.6 Å². The number of halogens is 3. The number of nitrogens with zero attached hydrogens (tertiary/aromatic N) is 4. The van der Waals surface area contributed by atoms with Gasteiger partial charge in [0.1, 0.15) is 0 Å². The Balaban J connectivity index is 1.69. The SMILES string of the molecule is CC(Cn1ccnc1)NC(=O)Nc1ccc(N2CCN(C)CC2)cc1C(F)(F)F. The first kappa shape index (κ1) is 21.0. The quantitative estimate of drug-likeness (QED) is 0.796. The van der Waals surface area contributed by atoms with Crippen LogP contribution in [0.5, 0.6) is 0 Å². The highest BCUT2D eigenvalue weighted by Crippen LogP contribution is 2.37. The molecule has 0 aliphatic carbocycles. The second-order valence-corrected chi connectivity index (χ2v) is 7.28. The summed E-state index contributed by atoms with van der Waals surface area (Å²) in [5.41, 5.74) is -0.612. The van der Waals surface area contributed by atoms with Crippen molar-refractivity contribution >= 4 is 17.4 Å². The highest BCUT2D eigenvalue weighted by atomic mass is 19.4. The van der Waals surface area contributed by atoms with Crippen LogP contribution in [0.4, 0.5) is 29.3 Å². The predicted molar refractivity (Wildman–Crippen MR) is 105 cm³/mol. The molecule has 0 saturated carbocycles. The van der Waals surface area contributed by atoms with Crippen molar-refractivity contribution in [2.75, 3.05) is 43.4 Å². The fourth-order valence-electron chi connectivity index (χ4n) is 3.28. The lowest BCUT2D eigenvalue weighted by atomic mass is 10.1. The highest BCUT2D eigenvalue weighted by molar-refractivity contribution is 5.90. The van der Waals surface area contributed by atoms with E-state index >= 15 is 0 Å². The predicted octanol–water partition coefficient (Wildman–Crippen LogP) is 2.86. The summed E-state index contributed by atoms with van der Waals surface area (Å²) in [6.45, 7) is 5.12. The van der Waals surface area contributed by atoms with E-state index in [1.165, 1.54) is 6.07 Å². The Morgan fingerprint density at radius 1 is 1.24 bits per heavy atom. The van der Waals surface area contributed by atoms with Gasteiger partial charge in [0, 0.05) is 56.8 Å². The molecular formula is C19H25F3N6O. The van der Waals surface area contributed by atoms with Crippen molar-refractivity contribution in [3.05, 3.63) is 42.5 Å². The number of benzene rings is 1. The summed E-state index contributed by atoms with van der Waals surface area (Å²) in [5, 5.41) is 4.99. The van der Waals surface area contributed by atoms with E-state index in [4.69, 9.17) is 0 Å². The molecule has 3 rings (SSSR count). The molecule has 1 unspecified atom stereocenters. The van der Waals surface area contributed by atoms with Crippen LogP contribution >= 0.6 is 0 Å².